The predicted octanol–water partition coefficient (Wildman–Crippen LogP) is 1.32. The standard InChI is InChI=1S/C12H12F2N2O5S/c13-12(14)20-9-2-1-7(5-10(9)21-12)15-11(17)16-8-3-4-22(18,19)6-8/h1-2,5,8H,3-4,6H2,(H2,15,16,17)/t8-/m0/s1. The van der Waals surface area contributed by atoms with Crippen molar-refractivity contribution in [2.75, 3.05) is 16.8 Å². The third-order valence-electron chi connectivity index (χ3n) is 3.23. The Hall–Kier alpha value is -2.10. The first-order valence-electron chi connectivity index (χ1n) is 6.40. The molecule has 0 aromatic heterocycles. The van der Waals surface area contributed by atoms with Crippen LogP contribution in [0.2, 0.25) is 0 Å². The van der Waals surface area contributed by atoms with Gasteiger partial charge in [0.2, 0.25) is 0 Å². The number of urea groups is 1. The van der Waals surface area contributed by atoms with Crippen LogP contribution in [0, 0.1) is 0 Å². The average molecular weight is 334 g/mol. The van der Waals surface area contributed by atoms with E-state index < -0.39 is 28.2 Å². The molecule has 3 rings (SSSR count). The Balaban J connectivity index is 1.61. The molecule has 2 amide bonds. The van der Waals surface area contributed by atoms with Gasteiger partial charge in [0.05, 0.1) is 11.5 Å². The largest absolute Gasteiger partial charge is 0.586 e. The number of rotatable bonds is 2. The van der Waals surface area contributed by atoms with Crippen molar-refractivity contribution in [3.8, 4) is 11.5 Å². The number of ether oxygens (including phenoxy) is 2. The minimum absolute atomic E-state index is 0.0387. The summed E-state index contributed by atoms with van der Waals surface area (Å²) in [6.07, 6.45) is -3.37. The predicted molar refractivity (Wildman–Crippen MR) is 71.9 cm³/mol. The molecule has 22 heavy (non-hydrogen) atoms. The van der Waals surface area contributed by atoms with Crippen molar-refractivity contribution >= 4 is 21.6 Å². The van der Waals surface area contributed by atoms with Crippen LogP contribution < -0.4 is 20.1 Å². The zero-order valence-electron chi connectivity index (χ0n) is 11.1. The average Bonchev–Trinajstić information content (AvgIpc) is 2.86. The van der Waals surface area contributed by atoms with Gasteiger partial charge in [0, 0.05) is 17.8 Å². The van der Waals surface area contributed by atoms with Crippen LogP contribution in [0.1, 0.15) is 6.42 Å². The summed E-state index contributed by atoms with van der Waals surface area (Å²) in [5.74, 6) is -0.380. The van der Waals surface area contributed by atoms with E-state index >= 15 is 0 Å². The zero-order chi connectivity index (χ0) is 16.0. The Kier molecular flexibility index (Phi) is 3.35. The summed E-state index contributed by atoms with van der Waals surface area (Å²) in [6, 6.07) is 2.73. The van der Waals surface area contributed by atoms with Gasteiger partial charge in [-0.25, -0.2) is 13.2 Å². The lowest BCUT2D eigenvalue weighted by Crippen LogP contribution is -2.38. The maximum atomic E-state index is 12.9. The van der Waals surface area contributed by atoms with E-state index in [2.05, 4.69) is 20.1 Å². The van der Waals surface area contributed by atoms with Gasteiger partial charge in [0.25, 0.3) is 0 Å². The molecule has 0 unspecified atom stereocenters. The first-order valence-corrected chi connectivity index (χ1v) is 8.22. The summed E-state index contributed by atoms with van der Waals surface area (Å²) in [6.45, 7) is 0. The van der Waals surface area contributed by atoms with Gasteiger partial charge < -0.3 is 20.1 Å². The third kappa shape index (κ3) is 3.21. The number of hydrogen-bond donors (Lipinski definition) is 2. The van der Waals surface area contributed by atoms with Crippen molar-refractivity contribution in [3.05, 3.63) is 18.2 Å². The van der Waals surface area contributed by atoms with Crippen LogP contribution in [0.3, 0.4) is 0 Å². The van der Waals surface area contributed by atoms with Crippen LogP contribution in [0.4, 0.5) is 19.3 Å². The van der Waals surface area contributed by atoms with E-state index in [1.54, 1.807) is 0 Å². The molecular weight excluding hydrogens is 322 g/mol. The monoisotopic (exact) mass is 334 g/mol. The van der Waals surface area contributed by atoms with Gasteiger partial charge in [-0.3, -0.25) is 0 Å². The van der Waals surface area contributed by atoms with Crippen molar-refractivity contribution in [3.63, 3.8) is 0 Å². The molecule has 2 aliphatic rings. The lowest BCUT2D eigenvalue weighted by atomic mass is 10.2. The molecule has 0 spiro atoms. The topological polar surface area (TPSA) is 93.7 Å². The number of fused-ring (bicyclic) bond motifs is 1. The fraction of sp³-hybridized carbons (Fsp3) is 0.417. The van der Waals surface area contributed by atoms with Gasteiger partial charge in [-0.2, -0.15) is 0 Å². The summed E-state index contributed by atoms with van der Waals surface area (Å²) >= 11 is 0. The maximum Gasteiger partial charge on any atom is 0.586 e. The number of alkyl halides is 2. The van der Waals surface area contributed by atoms with Crippen LogP contribution in [-0.2, 0) is 9.84 Å². The number of benzene rings is 1. The van der Waals surface area contributed by atoms with Crippen LogP contribution in [0.25, 0.3) is 0 Å². The number of amides is 2. The first kappa shape index (κ1) is 14.8. The maximum absolute atomic E-state index is 12.9. The smallest absolute Gasteiger partial charge is 0.395 e. The van der Waals surface area contributed by atoms with Gasteiger partial charge in [-0.1, -0.05) is 0 Å². The second-order valence-electron chi connectivity index (χ2n) is 5.03. The molecule has 1 aromatic carbocycles. The molecule has 1 aromatic rings. The van der Waals surface area contributed by atoms with E-state index in [0.717, 1.165) is 0 Å². The Bertz CT molecular complexity index is 722. The first-order chi connectivity index (χ1) is 10.2. The highest BCUT2D eigenvalue weighted by molar-refractivity contribution is 7.91. The molecule has 7 nitrogen and oxygen atoms in total. The van der Waals surface area contributed by atoms with Crippen LogP contribution in [0.5, 0.6) is 11.5 Å². The van der Waals surface area contributed by atoms with Gasteiger partial charge >= 0.3 is 12.3 Å². The van der Waals surface area contributed by atoms with Crippen molar-refractivity contribution < 1.29 is 31.5 Å². The Morgan fingerprint density at radius 1 is 1.27 bits per heavy atom. The second-order valence-corrected chi connectivity index (χ2v) is 7.26. The van der Waals surface area contributed by atoms with Crippen molar-refractivity contribution in [1.29, 1.82) is 0 Å². The van der Waals surface area contributed by atoms with E-state index in [-0.39, 0.29) is 28.7 Å². The van der Waals surface area contributed by atoms with Crippen molar-refractivity contribution in [2.45, 2.75) is 18.8 Å². The Morgan fingerprint density at radius 3 is 2.68 bits per heavy atom. The van der Waals surface area contributed by atoms with Gasteiger partial charge in [0.15, 0.2) is 21.3 Å². The molecule has 0 aliphatic carbocycles. The van der Waals surface area contributed by atoms with Gasteiger partial charge in [-0.15, -0.1) is 8.78 Å². The fourth-order valence-electron chi connectivity index (χ4n) is 2.29. The minimum atomic E-state index is -3.72. The lowest BCUT2D eigenvalue weighted by Gasteiger charge is -2.12. The summed E-state index contributed by atoms with van der Waals surface area (Å²) in [4.78, 5) is 11.8. The Labute approximate surface area is 124 Å². The number of nitrogens with one attached hydrogen (secondary N) is 2. The molecule has 10 heteroatoms. The highest BCUT2D eigenvalue weighted by atomic mass is 32.2. The van der Waals surface area contributed by atoms with E-state index in [1.165, 1.54) is 18.2 Å². The Morgan fingerprint density at radius 2 is 2.00 bits per heavy atom. The molecule has 0 radical (unpaired) electrons. The third-order valence-corrected chi connectivity index (χ3v) is 4.99. The fourth-order valence-corrected chi connectivity index (χ4v) is 3.96. The van der Waals surface area contributed by atoms with Gasteiger partial charge in [-0.05, 0) is 18.6 Å². The molecule has 1 atom stereocenters. The van der Waals surface area contributed by atoms with E-state index in [0.29, 0.717) is 6.42 Å². The van der Waals surface area contributed by atoms with Gasteiger partial charge in [0.1, 0.15) is 0 Å². The number of carbonyl (C=O) groups excluding carboxylic acids is 1. The van der Waals surface area contributed by atoms with Crippen molar-refractivity contribution in [2.24, 2.45) is 0 Å². The van der Waals surface area contributed by atoms with E-state index in [4.69, 9.17) is 0 Å². The lowest BCUT2D eigenvalue weighted by molar-refractivity contribution is -0.286. The molecule has 1 saturated heterocycles. The molecular formula is C12H12F2N2O5S. The molecule has 0 saturated carbocycles. The molecule has 2 heterocycles. The summed E-state index contributed by atoms with van der Waals surface area (Å²) < 4.78 is 56.8. The quantitative estimate of drug-likeness (QED) is 0.851. The highest BCUT2D eigenvalue weighted by Crippen LogP contribution is 2.42. The SMILES string of the molecule is O=C(Nc1ccc2c(c1)OC(F)(F)O2)N[C@H]1CCS(=O)(=O)C1. The van der Waals surface area contributed by atoms with E-state index in [1.807, 2.05) is 0 Å². The number of sulfone groups is 1. The number of hydrogen-bond acceptors (Lipinski definition) is 5. The van der Waals surface area contributed by atoms with Crippen LogP contribution in [-0.4, -0.2) is 38.3 Å². The highest BCUT2D eigenvalue weighted by Gasteiger charge is 2.43. The molecule has 1 fully saturated rings. The summed E-state index contributed by atoms with van der Waals surface area (Å²) in [7, 11) is -3.10. The molecule has 120 valence electrons. The molecule has 2 N–H and O–H groups in total. The van der Waals surface area contributed by atoms with Crippen LogP contribution in [0.15, 0.2) is 18.2 Å². The summed E-state index contributed by atoms with van der Waals surface area (Å²) in [5, 5.41) is 4.95. The normalized spacial score (nSPS) is 24.0. The number of carbonyl (C=O) groups is 1. The number of anilines is 1. The number of halogens is 2. The zero-order valence-corrected chi connectivity index (χ0v) is 12.0. The second kappa shape index (κ2) is 4.97. The summed E-state index contributed by atoms with van der Waals surface area (Å²) in [5.41, 5.74) is 0.221. The van der Waals surface area contributed by atoms with Crippen molar-refractivity contribution in [1.82, 2.24) is 5.32 Å². The van der Waals surface area contributed by atoms with E-state index in [9.17, 15) is 22.0 Å². The van der Waals surface area contributed by atoms with Crippen LogP contribution >= 0.6 is 0 Å². The molecule has 0 bridgehead atoms. The molecule has 2 aliphatic heterocycles. The minimum Gasteiger partial charge on any atom is -0.395 e.